The maximum absolute atomic E-state index is 10.3. The maximum Gasteiger partial charge on any atom is 0.318 e. The fraction of sp³-hybridized carbons (Fsp3) is 0. The summed E-state index contributed by atoms with van der Waals surface area (Å²) in [5, 5.41) is 10.6. The van der Waals surface area contributed by atoms with Gasteiger partial charge in [0.1, 0.15) is 5.75 Å². The Kier molecular flexibility index (Phi) is 2.33. The molecule has 0 radical (unpaired) electrons. The Morgan fingerprint density at radius 1 is 1.55 bits per heavy atom. The van der Waals surface area contributed by atoms with Crippen LogP contribution in [0.25, 0.3) is 0 Å². The van der Waals surface area contributed by atoms with Gasteiger partial charge in [-0.15, -0.1) is 0 Å². The van der Waals surface area contributed by atoms with Crippen LogP contribution >= 0.6 is 11.6 Å². The Morgan fingerprint density at radius 2 is 2.27 bits per heavy atom. The Bertz CT molecular complexity index is 275. The van der Waals surface area contributed by atoms with Crippen molar-refractivity contribution in [3.8, 4) is 5.75 Å². The van der Waals surface area contributed by atoms with E-state index in [1.54, 1.807) is 12.1 Å². The molecule has 0 aromatic heterocycles. The van der Waals surface area contributed by atoms with E-state index in [1.807, 2.05) is 0 Å². The fourth-order valence-corrected chi connectivity index (χ4v) is 0.806. The molecule has 58 valence electrons. The van der Waals surface area contributed by atoms with Crippen molar-refractivity contribution in [2.45, 2.75) is 0 Å². The average molecular weight is 172 g/mol. The Balaban J connectivity index is 2.79. The molecule has 11 heavy (non-hydrogen) atoms. The predicted octanol–water partition coefficient (Wildman–Crippen LogP) is 2.16. The van der Waals surface area contributed by atoms with Crippen molar-refractivity contribution < 1.29 is 9.90 Å². The lowest BCUT2D eigenvalue weighted by molar-refractivity contribution is 0.269. The van der Waals surface area contributed by atoms with Crippen LogP contribution in [0.2, 0.25) is 0 Å². The molecule has 0 saturated heterocycles. The molecule has 0 aliphatic heterocycles. The summed E-state index contributed by atoms with van der Waals surface area (Å²) in [6, 6.07) is 6.14. The molecule has 3 nitrogen and oxygen atoms in total. The Morgan fingerprint density at radius 3 is 2.82 bits per heavy atom. The second-order valence-electron chi connectivity index (χ2n) is 1.95. The summed E-state index contributed by atoms with van der Waals surface area (Å²) >= 11 is 5.03. The second kappa shape index (κ2) is 3.25. The minimum atomic E-state index is -0.671. The summed E-state index contributed by atoms with van der Waals surface area (Å²) in [5.74, 6) is 0.0907. The molecule has 4 heteroatoms. The highest BCUT2D eigenvalue weighted by Gasteiger charge is 1.96. The van der Waals surface area contributed by atoms with Gasteiger partial charge in [0.25, 0.3) is 0 Å². The van der Waals surface area contributed by atoms with E-state index in [0.29, 0.717) is 5.69 Å². The van der Waals surface area contributed by atoms with Gasteiger partial charge in [-0.25, -0.2) is 0 Å². The van der Waals surface area contributed by atoms with Gasteiger partial charge in [-0.2, -0.15) is 0 Å². The summed E-state index contributed by atoms with van der Waals surface area (Å²) in [7, 11) is 0. The van der Waals surface area contributed by atoms with Crippen molar-refractivity contribution in [1.82, 2.24) is 0 Å². The highest BCUT2D eigenvalue weighted by Crippen LogP contribution is 2.15. The number of carbonyl (C=O) groups excluding carboxylic acids is 1. The number of hydrogen-bond donors (Lipinski definition) is 2. The largest absolute Gasteiger partial charge is 0.508 e. The topological polar surface area (TPSA) is 49.3 Å². The molecule has 1 aromatic rings. The van der Waals surface area contributed by atoms with E-state index in [2.05, 4.69) is 5.32 Å². The van der Waals surface area contributed by atoms with Gasteiger partial charge in [-0.1, -0.05) is 6.07 Å². The third kappa shape index (κ3) is 2.47. The van der Waals surface area contributed by atoms with Crippen LogP contribution in [0.3, 0.4) is 0 Å². The quantitative estimate of drug-likeness (QED) is 0.503. The molecule has 0 unspecified atom stereocenters. The van der Waals surface area contributed by atoms with Gasteiger partial charge in [0, 0.05) is 11.8 Å². The minimum Gasteiger partial charge on any atom is -0.508 e. The van der Waals surface area contributed by atoms with E-state index < -0.39 is 5.37 Å². The van der Waals surface area contributed by atoms with E-state index in [-0.39, 0.29) is 5.75 Å². The van der Waals surface area contributed by atoms with Crippen molar-refractivity contribution in [2.24, 2.45) is 0 Å². The van der Waals surface area contributed by atoms with Crippen molar-refractivity contribution in [1.29, 1.82) is 0 Å². The molecule has 0 bridgehead atoms. The van der Waals surface area contributed by atoms with Crippen LogP contribution in [0.1, 0.15) is 0 Å². The number of phenols is 1. The number of phenolic OH excluding ortho intramolecular Hbond substituents is 1. The SMILES string of the molecule is O=C(Cl)Nc1cccc(O)c1. The molecule has 0 atom stereocenters. The highest BCUT2D eigenvalue weighted by molar-refractivity contribution is 6.65. The molecule has 0 aliphatic rings. The van der Waals surface area contributed by atoms with Gasteiger partial charge >= 0.3 is 5.37 Å². The zero-order valence-electron chi connectivity index (χ0n) is 5.54. The maximum atomic E-state index is 10.3. The van der Waals surface area contributed by atoms with Crippen LogP contribution in [-0.2, 0) is 0 Å². The number of amides is 1. The third-order valence-corrected chi connectivity index (χ3v) is 1.18. The van der Waals surface area contributed by atoms with Crippen molar-refractivity contribution in [3.63, 3.8) is 0 Å². The van der Waals surface area contributed by atoms with Gasteiger partial charge in [0.15, 0.2) is 0 Å². The first-order chi connectivity index (χ1) is 5.18. The van der Waals surface area contributed by atoms with Gasteiger partial charge in [0.05, 0.1) is 0 Å². The summed E-state index contributed by atoms with van der Waals surface area (Å²) in [4.78, 5) is 10.3. The van der Waals surface area contributed by atoms with Gasteiger partial charge < -0.3 is 10.4 Å². The molecule has 0 heterocycles. The van der Waals surface area contributed by atoms with Crippen LogP contribution in [-0.4, -0.2) is 10.5 Å². The minimum absolute atomic E-state index is 0.0907. The number of halogens is 1. The lowest BCUT2D eigenvalue weighted by atomic mass is 10.3. The van der Waals surface area contributed by atoms with E-state index in [9.17, 15) is 4.79 Å². The average Bonchev–Trinajstić information content (AvgIpc) is 1.85. The number of anilines is 1. The lowest BCUT2D eigenvalue weighted by Crippen LogP contribution is -1.99. The number of nitrogens with one attached hydrogen (secondary N) is 1. The van der Waals surface area contributed by atoms with Crippen molar-refractivity contribution in [2.75, 3.05) is 5.32 Å². The van der Waals surface area contributed by atoms with E-state index in [1.165, 1.54) is 12.1 Å². The number of benzene rings is 1. The molecular formula is C7H6ClNO2. The molecule has 1 amide bonds. The number of carbonyl (C=O) groups is 1. The Hall–Kier alpha value is -1.22. The first-order valence-corrected chi connectivity index (χ1v) is 3.32. The third-order valence-electron chi connectivity index (χ3n) is 1.09. The van der Waals surface area contributed by atoms with Crippen LogP contribution < -0.4 is 5.32 Å². The summed E-state index contributed by atoms with van der Waals surface area (Å²) < 4.78 is 0. The van der Waals surface area contributed by atoms with Crippen LogP contribution in [0.5, 0.6) is 5.75 Å². The van der Waals surface area contributed by atoms with Crippen molar-refractivity contribution in [3.05, 3.63) is 24.3 Å². The normalized spacial score (nSPS) is 9.18. The second-order valence-corrected chi connectivity index (χ2v) is 2.29. The van der Waals surface area contributed by atoms with Crippen LogP contribution in [0.15, 0.2) is 24.3 Å². The molecule has 0 saturated carbocycles. The zero-order valence-corrected chi connectivity index (χ0v) is 6.30. The highest BCUT2D eigenvalue weighted by atomic mass is 35.5. The van der Waals surface area contributed by atoms with Gasteiger partial charge in [0.2, 0.25) is 0 Å². The molecule has 1 aromatic carbocycles. The fourth-order valence-electron chi connectivity index (χ4n) is 0.697. The number of hydrogen-bond acceptors (Lipinski definition) is 2. The first kappa shape index (κ1) is 7.88. The summed E-state index contributed by atoms with van der Waals surface area (Å²) in [6.07, 6.45) is 0. The first-order valence-electron chi connectivity index (χ1n) is 2.94. The monoisotopic (exact) mass is 171 g/mol. The molecule has 0 aliphatic carbocycles. The van der Waals surface area contributed by atoms with E-state index >= 15 is 0 Å². The van der Waals surface area contributed by atoms with Crippen molar-refractivity contribution >= 4 is 22.7 Å². The predicted molar refractivity (Wildman–Crippen MR) is 43.0 cm³/mol. The zero-order chi connectivity index (χ0) is 8.27. The van der Waals surface area contributed by atoms with Gasteiger partial charge in [-0.3, -0.25) is 4.79 Å². The number of aromatic hydroxyl groups is 1. The van der Waals surface area contributed by atoms with E-state index in [4.69, 9.17) is 16.7 Å². The molecule has 2 N–H and O–H groups in total. The smallest absolute Gasteiger partial charge is 0.318 e. The standard InChI is InChI=1S/C7H6ClNO2/c8-7(11)9-5-2-1-3-6(10)4-5/h1-4,10H,(H,9,11). The number of rotatable bonds is 1. The molecule has 0 spiro atoms. The molecular weight excluding hydrogens is 166 g/mol. The lowest BCUT2D eigenvalue weighted by Gasteiger charge is -1.99. The Labute approximate surface area is 68.6 Å². The summed E-state index contributed by atoms with van der Waals surface area (Å²) in [6.45, 7) is 0. The van der Waals surface area contributed by atoms with Gasteiger partial charge in [-0.05, 0) is 23.7 Å². The van der Waals surface area contributed by atoms with E-state index in [0.717, 1.165) is 0 Å². The van der Waals surface area contributed by atoms with Crippen LogP contribution in [0, 0.1) is 0 Å². The summed E-state index contributed by atoms with van der Waals surface area (Å²) in [5.41, 5.74) is 0.477. The molecule has 0 fully saturated rings. The molecule has 1 rings (SSSR count). The van der Waals surface area contributed by atoms with Crippen LogP contribution in [0.4, 0.5) is 10.5 Å².